The van der Waals surface area contributed by atoms with Gasteiger partial charge in [-0.15, -0.1) is 0 Å². The van der Waals surface area contributed by atoms with Crippen LogP contribution in [0.2, 0.25) is 0 Å². The predicted molar refractivity (Wildman–Crippen MR) is 79.8 cm³/mol. The molecule has 0 atom stereocenters. The summed E-state index contributed by atoms with van der Waals surface area (Å²) in [5.41, 5.74) is 7.47. The van der Waals surface area contributed by atoms with Crippen molar-refractivity contribution in [2.45, 2.75) is 0 Å². The highest BCUT2D eigenvalue weighted by molar-refractivity contribution is 14.1. The molecule has 0 aliphatic heterocycles. The largest absolute Gasteiger partial charge is 0.382 e. The Bertz CT molecular complexity index is 689. The number of anilines is 3. The van der Waals surface area contributed by atoms with E-state index in [2.05, 4.69) is 37.9 Å². The van der Waals surface area contributed by atoms with Gasteiger partial charge < -0.3 is 15.5 Å². The van der Waals surface area contributed by atoms with Crippen molar-refractivity contribution in [1.82, 2.24) is 14.4 Å². The van der Waals surface area contributed by atoms with E-state index in [0.717, 1.165) is 11.3 Å². The summed E-state index contributed by atoms with van der Waals surface area (Å²) >= 11 is 2.27. The first-order valence-corrected chi connectivity index (χ1v) is 6.42. The highest BCUT2D eigenvalue weighted by Gasteiger charge is 2.06. The van der Waals surface area contributed by atoms with Crippen molar-refractivity contribution < 1.29 is 0 Å². The van der Waals surface area contributed by atoms with Gasteiger partial charge in [0.15, 0.2) is 11.5 Å². The van der Waals surface area contributed by atoms with Crippen LogP contribution in [0.3, 0.4) is 0 Å². The second kappa shape index (κ2) is 4.45. The average Bonchev–Trinajstić information content (AvgIpc) is 2.80. The zero-order chi connectivity index (χ0) is 12.5. The number of hydrogen-bond acceptors (Lipinski definition) is 4. The Kier molecular flexibility index (Phi) is 2.78. The molecule has 0 bridgehead atoms. The Morgan fingerprint density at radius 1 is 1.22 bits per heavy atom. The van der Waals surface area contributed by atoms with E-state index in [0.29, 0.717) is 11.6 Å². The van der Waals surface area contributed by atoms with Gasteiger partial charge in [-0.25, -0.2) is 9.97 Å². The molecule has 0 unspecified atom stereocenters. The molecule has 1 aromatic carbocycles. The highest BCUT2D eigenvalue weighted by Crippen LogP contribution is 2.20. The van der Waals surface area contributed by atoms with Crippen LogP contribution in [-0.2, 0) is 0 Å². The third-order valence-corrected chi connectivity index (χ3v) is 3.22. The number of hydrogen-bond donors (Lipinski definition) is 2. The third-order valence-electron chi connectivity index (χ3n) is 2.50. The summed E-state index contributed by atoms with van der Waals surface area (Å²) < 4.78 is 3.03. The molecule has 3 rings (SSSR count). The molecule has 0 radical (unpaired) electrons. The van der Waals surface area contributed by atoms with Crippen LogP contribution in [0, 0.1) is 3.57 Å². The van der Waals surface area contributed by atoms with Gasteiger partial charge in [0.05, 0.1) is 6.20 Å². The Morgan fingerprint density at radius 3 is 2.78 bits per heavy atom. The fraction of sp³-hybridized carbons (Fsp3) is 0. The molecule has 0 saturated heterocycles. The molecule has 6 heteroatoms. The molecular weight excluding hydrogens is 341 g/mol. The summed E-state index contributed by atoms with van der Waals surface area (Å²) in [5.74, 6) is 1.11. The monoisotopic (exact) mass is 351 g/mol. The highest BCUT2D eigenvalue weighted by atomic mass is 127. The third kappa shape index (κ3) is 2.10. The van der Waals surface area contributed by atoms with E-state index in [9.17, 15) is 0 Å². The van der Waals surface area contributed by atoms with E-state index < -0.39 is 0 Å². The van der Waals surface area contributed by atoms with Crippen molar-refractivity contribution in [1.29, 1.82) is 0 Å². The molecule has 5 nitrogen and oxygen atoms in total. The van der Waals surface area contributed by atoms with Crippen molar-refractivity contribution in [2.75, 3.05) is 11.1 Å². The molecule has 0 aliphatic carbocycles. The normalized spacial score (nSPS) is 10.7. The number of fused-ring (bicyclic) bond motifs is 1. The summed E-state index contributed by atoms with van der Waals surface area (Å²) in [5, 5.41) is 3.22. The van der Waals surface area contributed by atoms with E-state index >= 15 is 0 Å². The number of benzene rings is 1. The lowest BCUT2D eigenvalue weighted by Gasteiger charge is -2.07. The summed E-state index contributed by atoms with van der Waals surface area (Å²) in [6, 6.07) is 8.04. The van der Waals surface area contributed by atoms with Crippen LogP contribution in [0.5, 0.6) is 0 Å². The second-order valence-corrected chi connectivity index (χ2v) is 5.05. The van der Waals surface area contributed by atoms with Crippen molar-refractivity contribution >= 4 is 45.6 Å². The molecule has 3 aromatic rings. The van der Waals surface area contributed by atoms with Crippen molar-refractivity contribution in [3.8, 4) is 0 Å². The van der Waals surface area contributed by atoms with Gasteiger partial charge in [0, 0.05) is 21.7 Å². The SMILES string of the molecule is Nc1cn2ccnc2c(Nc2ccc(I)cc2)n1. The molecule has 0 spiro atoms. The lowest BCUT2D eigenvalue weighted by Crippen LogP contribution is -2.01. The van der Waals surface area contributed by atoms with Crippen LogP contribution in [0.4, 0.5) is 17.3 Å². The van der Waals surface area contributed by atoms with Gasteiger partial charge in [-0.3, -0.25) is 0 Å². The number of halogens is 1. The van der Waals surface area contributed by atoms with E-state index in [1.807, 2.05) is 34.9 Å². The summed E-state index contributed by atoms with van der Waals surface area (Å²) in [7, 11) is 0. The van der Waals surface area contributed by atoms with Crippen LogP contribution >= 0.6 is 22.6 Å². The zero-order valence-corrected chi connectivity index (χ0v) is 11.5. The fourth-order valence-corrected chi connectivity index (χ4v) is 2.06. The molecule has 0 saturated carbocycles. The van der Waals surface area contributed by atoms with E-state index in [1.54, 1.807) is 12.4 Å². The molecular formula is C12H10IN5. The zero-order valence-electron chi connectivity index (χ0n) is 9.34. The van der Waals surface area contributed by atoms with Crippen molar-refractivity contribution in [3.63, 3.8) is 0 Å². The Morgan fingerprint density at radius 2 is 2.00 bits per heavy atom. The van der Waals surface area contributed by atoms with Crippen LogP contribution in [0.25, 0.3) is 5.65 Å². The van der Waals surface area contributed by atoms with Crippen LogP contribution < -0.4 is 11.1 Å². The molecule has 2 aromatic heterocycles. The summed E-state index contributed by atoms with van der Waals surface area (Å²) in [4.78, 5) is 8.53. The molecule has 0 aliphatic rings. The van der Waals surface area contributed by atoms with Crippen molar-refractivity contribution in [3.05, 3.63) is 46.4 Å². The minimum Gasteiger partial charge on any atom is -0.382 e. The number of imidazole rings is 1. The quantitative estimate of drug-likeness (QED) is 0.697. The predicted octanol–water partition coefficient (Wildman–Crippen LogP) is 2.66. The minimum atomic E-state index is 0.452. The van der Waals surface area contributed by atoms with Gasteiger partial charge in [-0.2, -0.15) is 0 Å². The Hall–Kier alpha value is -1.83. The molecule has 3 N–H and O–H groups in total. The minimum absolute atomic E-state index is 0.452. The molecule has 2 heterocycles. The van der Waals surface area contributed by atoms with E-state index in [4.69, 9.17) is 5.73 Å². The van der Waals surface area contributed by atoms with Crippen LogP contribution in [-0.4, -0.2) is 14.4 Å². The molecule has 0 fully saturated rings. The Labute approximate surface area is 117 Å². The average molecular weight is 351 g/mol. The second-order valence-electron chi connectivity index (χ2n) is 3.80. The Balaban J connectivity index is 2.03. The molecule has 0 amide bonds. The van der Waals surface area contributed by atoms with Gasteiger partial charge in [0.1, 0.15) is 5.82 Å². The maximum atomic E-state index is 5.76. The number of aromatic nitrogens is 3. The molecule has 18 heavy (non-hydrogen) atoms. The van der Waals surface area contributed by atoms with E-state index in [-0.39, 0.29) is 0 Å². The first-order valence-electron chi connectivity index (χ1n) is 5.34. The lowest BCUT2D eigenvalue weighted by molar-refractivity contribution is 1.14. The smallest absolute Gasteiger partial charge is 0.180 e. The summed E-state index contributed by atoms with van der Waals surface area (Å²) in [6.45, 7) is 0. The maximum Gasteiger partial charge on any atom is 0.180 e. The van der Waals surface area contributed by atoms with Crippen molar-refractivity contribution in [2.24, 2.45) is 0 Å². The van der Waals surface area contributed by atoms with Gasteiger partial charge in [0.25, 0.3) is 0 Å². The van der Waals surface area contributed by atoms with Gasteiger partial charge in [0.2, 0.25) is 0 Å². The standard InChI is InChI=1S/C12H10IN5/c13-8-1-3-9(4-2-8)16-11-12-15-5-6-18(12)7-10(14)17-11/h1-7H,14H2,(H,16,17). The fourth-order valence-electron chi connectivity index (χ4n) is 1.70. The first-order chi connectivity index (χ1) is 8.72. The maximum absolute atomic E-state index is 5.76. The summed E-state index contributed by atoms with van der Waals surface area (Å²) in [6.07, 6.45) is 5.30. The molecule has 90 valence electrons. The van der Waals surface area contributed by atoms with Crippen LogP contribution in [0.15, 0.2) is 42.9 Å². The lowest BCUT2D eigenvalue weighted by atomic mass is 10.3. The number of nitrogens with one attached hydrogen (secondary N) is 1. The van der Waals surface area contributed by atoms with Crippen LogP contribution in [0.1, 0.15) is 0 Å². The van der Waals surface area contributed by atoms with Gasteiger partial charge in [-0.05, 0) is 46.9 Å². The van der Waals surface area contributed by atoms with Gasteiger partial charge in [-0.1, -0.05) is 0 Å². The number of nitrogens with two attached hydrogens (primary N) is 1. The van der Waals surface area contributed by atoms with E-state index in [1.165, 1.54) is 3.57 Å². The number of nitrogen functional groups attached to an aromatic ring is 1. The number of rotatable bonds is 2. The number of nitrogens with zero attached hydrogens (tertiary/aromatic N) is 3. The topological polar surface area (TPSA) is 68.2 Å². The van der Waals surface area contributed by atoms with Gasteiger partial charge >= 0.3 is 0 Å². The first kappa shape index (κ1) is 11.3.